The molecule has 0 N–H and O–H groups in total. The number of unbranched alkanes of at least 4 members (excludes halogenated alkanes) is 6. The SMILES string of the molecule is CC(C)c1ccc(S(F)(F)(F)(F)F)cc1.CCCCCCCCC. The second-order valence-corrected chi connectivity index (χ2v) is 8.87. The van der Waals surface area contributed by atoms with Gasteiger partial charge in [-0.3, -0.25) is 0 Å². The lowest BCUT2D eigenvalue weighted by atomic mass is 10.0. The molecule has 0 atom stereocenters. The summed E-state index contributed by atoms with van der Waals surface area (Å²) in [6, 6.07) is 3.05. The van der Waals surface area contributed by atoms with E-state index in [1.165, 1.54) is 44.9 Å². The molecule has 0 amide bonds. The molecular formula is C18H31F5S. The van der Waals surface area contributed by atoms with E-state index in [0.29, 0.717) is 17.7 Å². The Hall–Kier alpha value is -0.780. The van der Waals surface area contributed by atoms with Crippen LogP contribution in [-0.4, -0.2) is 0 Å². The molecule has 0 bridgehead atoms. The van der Waals surface area contributed by atoms with Crippen LogP contribution in [0.2, 0.25) is 0 Å². The molecule has 0 radical (unpaired) electrons. The van der Waals surface area contributed by atoms with E-state index in [0.717, 1.165) is 12.1 Å². The van der Waals surface area contributed by atoms with Crippen LogP contribution in [0.1, 0.15) is 84.1 Å². The number of hydrogen-bond acceptors (Lipinski definition) is 0. The molecule has 0 unspecified atom stereocenters. The topological polar surface area (TPSA) is 0 Å². The maximum Gasteiger partial charge on any atom is 0.310 e. The van der Waals surface area contributed by atoms with Gasteiger partial charge in [0.05, 0.1) is 0 Å². The maximum absolute atomic E-state index is 12.3. The van der Waals surface area contributed by atoms with Crippen LogP contribution in [0, 0.1) is 0 Å². The van der Waals surface area contributed by atoms with Crippen LogP contribution in [0.25, 0.3) is 0 Å². The van der Waals surface area contributed by atoms with E-state index in [1.807, 2.05) is 0 Å². The highest BCUT2D eigenvalue weighted by molar-refractivity contribution is 8.45. The second kappa shape index (κ2) is 8.54. The first-order valence-electron chi connectivity index (χ1n) is 8.65. The molecule has 0 fully saturated rings. The molecule has 0 spiro atoms. The molecule has 1 rings (SSSR count). The monoisotopic (exact) mass is 374 g/mol. The minimum Gasteiger partial charge on any atom is -0.0936 e. The molecule has 0 saturated heterocycles. The normalized spacial score (nSPS) is 14.6. The zero-order chi connectivity index (χ0) is 18.9. The predicted molar refractivity (Wildman–Crippen MR) is 95.6 cm³/mol. The van der Waals surface area contributed by atoms with Crippen molar-refractivity contribution < 1.29 is 19.4 Å². The summed E-state index contributed by atoms with van der Waals surface area (Å²) >= 11 is 0. The van der Waals surface area contributed by atoms with Gasteiger partial charge in [-0.05, 0) is 23.6 Å². The molecule has 0 aliphatic heterocycles. The van der Waals surface area contributed by atoms with Gasteiger partial charge in [0.2, 0.25) is 0 Å². The quantitative estimate of drug-likeness (QED) is 0.314. The standard InChI is InChI=1S/C9H11F5S.C9H20/c1-7(2)8-3-5-9(6-4-8)15(10,11,12,13)14;1-3-5-7-9-8-6-4-2/h3-7H,1-2H3;3-9H2,1-2H3. The maximum atomic E-state index is 12.3. The van der Waals surface area contributed by atoms with Gasteiger partial charge in [-0.2, -0.15) is 0 Å². The lowest BCUT2D eigenvalue weighted by Gasteiger charge is -2.40. The van der Waals surface area contributed by atoms with Gasteiger partial charge in [0.25, 0.3) is 0 Å². The van der Waals surface area contributed by atoms with E-state index in [4.69, 9.17) is 0 Å². The number of benzene rings is 1. The Balaban J connectivity index is 0.000000506. The fraction of sp³-hybridized carbons (Fsp3) is 0.667. The van der Waals surface area contributed by atoms with E-state index in [-0.39, 0.29) is 5.92 Å². The third-order valence-electron chi connectivity index (χ3n) is 3.70. The summed E-state index contributed by atoms with van der Waals surface area (Å²) in [7, 11) is -9.49. The van der Waals surface area contributed by atoms with Gasteiger partial charge >= 0.3 is 10.2 Å². The molecule has 6 heteroatoms. The largest absolute Gasteiger partial charge is 0.310 e. The molecule has 144 valence electrons. The zero-order valence-corrected chi connectivity index (χ0v) is 16.0. The third-order valence-corrected chi connectivity index (χ3v) is 4.86. The molecule has 0 heterocycles. The van der Waals surface area contributed by atoms with Gasteiger partial charge in [-0.25, -0.2) is 0 Å². The predicted octanol–water partition coefficient (Wildman–Crippen LogP) is 9.22. The fourth-order valence-corrected chi connectivity index (χ4v) is 2.79. The molecule has 24 heavy (non-hydrogen) atoms. The molecule has 1 aromatic rings. The smallest absolute Gasteiger partial charge is 0.0936 e. The van der Waals surface area contributed by atoms with Crippen LogP contribution in [0.3, 0.4) is 0 Å². The van der Waals surface area contributed by atoms with Crippen molar-refractivity contribution in [3.8, 4) is 0 Å². The number of rotatable bonds is 8. The van der Waals surface area contributed by atoms with E-state index < -0.39 is 15.1 Å². The molecule has 0 nitrogen and oxygen atoms in total. The summed E-state index contributed by atoms with van der Waals surface area (Å²) in [4.78, 5) is -1.83. The number of halogens is 5. The lowest BCUT2D eigenvalue weighted by molar-refractivity contribution is 0.364. The van der Waals surface area contributed by atoms with Crippen LogP contribution in [0.4, 0.5) is 19.4 Å². The van der Waals surface area contributed by atoms with Crippen molar-refractivity contribution in [2.24, 2.45) is 0 Å². The molecule has 0 aromatic heterocycles. The minimum atomic E-state index is -9.49. The van der Waals surface area contributed by atoms with Gasteiger partial charge in [0, 0.05) is 0 Å². The first-order valence-corrected chi connectivity index (χ1v) is 10.6. The Morgan fingerprint density at radius 3 is 1.38 bits per heavy atom. The Morgan fingerprint density at radius 2 is 1.08 bits per heavy atom. The van der Waals surface area contributed by atoms with E-state index in [9.17, 15) is 19.4 Å². The van der Waals surface area contributed by atoms with Crippen LogP contribution in [0.5, 0.6) is 0 Å². The van der Waals surface area contributed by atoms with Crippen LogP contribution in [-0.2, 0) is 0 Å². The second-order valence-electron chi connectivity index (χ2n) is 6.46. The summed E-state index contributed by atoms with van der Waals surface area (Å²) < 4.78 is 61.4. The summed E-state index contributed by atoms with van der Waals surface area (Å²) in [5.74, 6) is 0.0116. The Labute approximate surface area is 143 Å². The van der Waals surface area contributed by atoms with E-state index in [2.05, 4.69) is 13.8 Å². The molecule has 0 saturated carbocycles. The van der Waals surface area contributed by atoms with Gasteiger partial charge in [-0.15, -0.1) is 0 Å². The van der Waals surface area contributed by atoms with Crippen molar-refractivity contribution >= 4 is 10.2 Å². The van der Waals surface area contributed by atoms with Crippen molar-refractivity contribution in [2.75, 3.05) is 0 Å². The highest BCUT2D eigenvalue weighted by Crippen LogP contribution is 3.02. The zero-order valence-electron chi connectivity index (χ0n) is 15.1. The average molecular weight is 375 g/mol. The van der Waals surface area contributed by atoms with Crippen molar-refractivity contribution in [3.63, 3.8) is 0 Å². The summed E-state index contributed by atoms with van der Waals surface area (Å²) in [5.41, 5.74) is 0.598. The van der Waals surface area contributed by atoms with E-state index >= 15 is 0 Å². The summed E-state index contributed by atoms with van der Waals surface area (Å²) in [5, 5.41) is 0. The average Bonchev–Trinajstić information content (AvgIpc) is 2.46. The fourth-order valence-electron chi connectivity index (χ4n) is 2.14. The highest BCUT2D eigenvalue weighted by atomic mass is 32.5. The first kappa shape index (κ1) is 23.2. The third kappa shape index (κ3) is 10.2. The molecule has 0 aliphatic carbocycles. The van der Waals surface area contributed by atoms with Crippen molar-refractivity contribution in [1.82, 2.24) is 0 Å². The van der Waals surface area contributed by atoms with Gasteiger partial charge < -0.3 is 0 Å². The Morgan fingerprint density at radius 1 is 0.708 bits per heavy atom. The Kier molecular flexibility index (Phi) is 8.27. The van der Waals surface area contributed by atoms with Crippen molar-refractivity contribution in [3.05, 3.63) is 29.8 Å². The van der Waals surface area contributed by atoms with Crippen LogP contribution < -0.4 is 0 Å². The van der Waals surface area contributed by atoms with Gasteiger partial charge in [-0.1, -0.05) is 104 Å². The Bertz CT molecular complexity index is 456. The number of hydrogen-bond donors (Lipinski definition) is 0. The van der Waals surface area contributed by atoms with Crippen molar-refractivity contribution in [2.45, 2.75) is 83.5 Å². The lowest BCUT2D eigenvalue weighted by Crippen LogP contribution is -2.05. The van der Waals surface area contributed by atoms with Crippen LogP contribution >= 0.6 is 10.2 Å². The summed E-state index contributed by atoms with van der Waals surface area (Å²) in [6.07, 6.45) is 9.97. The van der Waals surface area contributed by atoms with Crippen molar-refractivity contribution in [1.29, 1.82) is 0 Å². The van der Waals surface area contributed by atoms with E-state index in [1.54, 1.807) is 13.8 Å². The molecule has 1 aromatic carbocycles. The van der Waals surface area contributed by atoms with Crippen LogP contribution in [0.15, 0.2) is 29.2 Å². The minimum absolute atomic E-state index is 0.0116. The molecule has 0 aliphatic rings. The summed E-state index contributed by atoms with van der Waals surface area (Å²) in [6.45, 7) is 8.07. The van der Waals surface area contributed by atoms with Gasteiger partial charge in [0.1, 0.15) is 4.90 Å². The van der Waals surface area contributed by atoms with Gasteiger partial charge in [0.15, 0.2) is 0 Å². The highest BCUT2D eigenvalue weighted by Gasteiger charge is 2.65. The first-order chi connectivity index (χ1) is 10.8. The molecular weight excluding hydrogens is 343 g/mol.